The van der Waals surface area contributed by atoms with E-state index < -0.39 is 12.2 Å². The van der Waals surface area contributed by atoms with Crippen LogP contribution in [-0.2, 0) is 0 Å². The molecule has 8 heteroatoms. The summed E-state index contributed by atoms with van der Waals surface area (Å²) in [4.78, 5) is 11.7. The highest BCUT2D eigenvalue weighted by molar-refractivity contribution is 9.10. The number of pyridine rings is 2. The zero-order chi connectivity index (χ0) is 34.8. The highest BCUT2D eigenvalue weighted by Crippen LogP contribution is 2.39. The van der Waals surface area contributed by atoms with Crippen LogP contribution < -0.4 is 4.90 Å². The Morgan fingerprint density at radius 2 is 1.08 bits per heavy atom. The first-order valence-electron chi connectivity index (χ1n) is 16.7. The molecule has 2 N–H and O–H groups in total. The summed E-state index contributed by atoms with van der Waals surface area (Å²) in [7, 11) is 0. The second-order valence-electron chi connectivity index (χ2n) is 12.7. The van der Waals surface area contributed by atoms with Gasteiger partial charge in [0, 0.05) is 56.5 Å². The van der Waals surface area contributed by atoms with Gasteiger partial charge >= 0.3 is 0 Å². The van der Waals surface area contributed by atoms with Crippen molar-refractivity contribution < 1.29 is 19.0 Å². The smallest absolute Gasteiger partial charge is 0.123 e. The minimum atomic E-state index is -0.657. The number of fused-ring (bicyclic) bond motifs is 2. The average molecular weight is 725 g/mol. The molecule has 0 bridgehead atoms. The predicted molar refractivity (Wildman–Crippen MR) is 199 cm³/mol. The number of piperidine rings is 1. The number of anilines is 1. The monoisotopic (exact) mass is 723 g/mol. The second kappa shape index (κ2) is 14.7. The van der Waals surface area contributed by atoms with E-state index in [9.17, 15) is 19.0 Å². The van der Waals surface area contributed by atoms with Crippen LogP contribution in [0.2, 0.25) is 0 Å². The largest absolute Gasteiger partial charge is 0.389 e. The molecule has 1 aliphatic rings. The molecule has 0 amide bonds. The molecule has 5 nitrogen and oxygen atoms in total. The summed E-state index contributed by atoms with van der Waals surface area (Å²) >= 11 is 3.48. The average Bonchev–Trinajstić information content (AvgIpc) is 3.08. The molecule has 4 aromatic carbocycles. The summed E-state index contributed by atoms with van der Waals surface area (Å²) in [6.07, 6.45) is 2.41. The van der Waals surface area contributed by atoms with E-state index in [0.29, 0.717) is 0 Å². The summed E-state index contributed by atoms with van der Waals surface area (Å²) in [6, 6.07) is 25.1. The van der Waals surface area contributed by atoms with Crippen molar-refractivity contribution in [1.29, 1.82) is 0 Å². The SMILES string of the molecule is Cc1nc2ccc(Br)cc2c(-c2ccc(F)cc2)c1C(C)O.Cc1nc2ccc(N3CCCCC3)cc2c(-c2ccc(F)cc2)c1C(C)O. The number of aliphatic hydroxyl groups is 2. The number of benzene rings is 4. The van der Waals surface area contributed by atoms with Gasteiger partial charge in [0.2, 0.25) is 0 Å². The summed E-state index contributed by atoms with van der Waals surface area (Å²) in [5.74, 6) is -0.542. The fourth-order valence-corrected chi connectivity index (χ4v) is 7.35. The molecule has 2 aromatic heterocycles. The highest BCUT2D eigenvalue weighted by atomic mass is 79.9. The van der Waals surface area contributed by atoms with Crippen molar-refractivity contribution >= 4 is 43.4 Å². The number of nitrogens with zero attached hydrogens (tertiary/aromatic N) is 3. The lowest BCUT2D eigenvalue weighted by molar-refractivity contribution is 0.198. The molecule has 1 fully saturated rings. The van der Waals surface area contributed by atoms with Crippen molar-refractivity contribution in [3.8, 4) is 22.3 Å². The third-order valence-corrected chi connectivity index (χ3v) is 9.69. The summed E-state index contributed by atoms with van der Waals surface area (Å²) in [5, 5.41) is 22.6. The third kappa shape index (κ3) is 7.37. The summed E-state index contributed by atoms with van der Waals surface area (Å²) in [5.41, 5.74) is 9.73. The molecule has 6 aromatic rings. The van der Waals surface area contributed by atoms with Crippen LogP contribution in [-0.4, -0.2) is 33.3 Å². The molecule has 49 heavy (non-hydrogen) atoms. The standard InChI is InChI=1S/C23H25FN2O.C18H15BrFNO/c1-15-22(16(2)27)23(17-6-8-18(24)9-7-17)20-14-19(10-11-21(20)25-15)26-12-4-3-5-13-26;1-10-17(11(2)22)18(12-3-6-14(20)7-4-12)15-9-13(19)5-8-16(15)21-10/h6-11,14,16,27H,3-5,12-13H2,1-2H3;3-9,11,22H,1-2H3. The number of hydrogen-bond acceptors (Lipinski definition) is 5. The minimum Gasteiger partial charge on any atom is -0.389 e. The third-order valence-electron chi connectivity index (χ3n) is 9.19. The van der Waals surface area contributed by atoms with Crippen LogP contribution in [0.3, 0.4) is 0 Å². The van der Waals surface area contributed by atoms with Gasteiger partial charge in [-0.2, -0.15) is 0 Å². The van der Waals surface area contributed by atoms with Gasteiger partial charge < -0.3 is 15.1 Å². The predicted octanol–water partition coefficient (Wildman–Crippen LogP) is 10.6. The second-order valence-corrected chi connectivity index (χ2v) is 13.7. The number of aromatic nitrogens is 2. The normalized spacial score (nSPS) is 14.4. The molecular formula is C41H40BrF2N3O2. The molecule has 0 aliphatic carbocycles. The number of aryl methyl sites for hydroxylation is 2. The van der Waals surface area contributed by atoms with E-state index >= 15 is 0 Å². The topological polar surface area (TPSA) is 69.5 Å². The first kappa shape index (κ1) is 34.6. The Labute approximate surface area is 294 Å². The van der Waals surface area contributed by atoms with E-state index in [4.69, 9.17) is 4.98 Å². The van der Waals surface area contributed by atoms with Gasteiger partial charge in [-0.15, -0.1) is 0 Å². The Bertz CT molecular complexity index is 2110. The van der Waals surface area contributed by atoms with Gasteiger partial charge in [-0.1, -0.05) is 40.2 Å². The fourth-order valence-electron chi connectivity index (χ4n) is 6.99. The molecule has 7 rings (SSSR count). The maximum atomic E-state index is 13.5. The van der Waals surface area contributed by atoms with Crippen LogP contribution in [0, 0.1) is 25.5 Å². The van der Waals surface area contributed by atoms with Gasteiger partial charge in [0.1, 0.15) is 11.6 Å². The van der Waals surface area contributed by atoms with Crippen molar-refractivity contribution in [1.82, 2.24) is 9.97 Å². The summed E-state index contributed by atoms with van der Waals surface area (Å²) in [6.45, 7) is 9.43. The lowest BCUT2D eigenvalue weighted by atomic mass is 9.91. The molecule has 3 heterocycles. The van der Waals surface area contributed by atoms with Crippen molar-refractivity contribution in [2.24, 2.45) is 0 Å². The lowest BCUT2D eigenvalue weighted by Crippen LogP contribution is -2.29. The van der Waals surface area contributed by atoms with E-state index in [1.165, 1.54) is 49.2 Å². The van der Waals surface area contributed by atoms with Crippen LogP contribution >= 0.6 is 15.9 Å². The van der Waals surface area contributed by atoms with Crippen molar-refractivity contribution in [3.63, 3.8) is 0 Å². The first-order valence-corrected chi connectivity index (χ1v) is 17.5. The fraction of sp³-hybridized carbons (Fsp3) is 0.268. The Hall–Kier alpha value is -4.24. The maximum Gasteiger partial charge on any atom is 0.123 e. The van der Waals surface area contributed by atoms with E-state index in [1.54, 1.807) is 38.1 Å². The van der Waals surface area contributed by atoms with E-state index in [1.807, 2.05) is 32.0 Å². The molecule has 0 radical (unpaired) electrons. The molecule has 2 unspecified atom stereocenters. The van der Waals surface area contributed by atoms with Crippen molar-refractivity contribution in [2.75, 3.05) is 18.0 Å². The van der Waals surface area contributed by atoms with Gasteiger partial charge in [0.25, 0.3) is 0 Å². The van der Waals surface area contributed by atoms with Crippen LogP contribution in [0.4, 0.5) is 14.5 Å². The zero-order valence-electron chi connectivity index (χ0n) is 28.1. The van der Waals surface area contributed by atoms with E-state index in [-0.39, 0.29) is 11.6 Å². The van der Waals surface area contributed by atoms with Crippen LogP contribution in [0.1, 0.15) is 67.8 Å². The Kier molecular flexibility index (Phi) is 10.4. The summed E-state index contributed by atoms with van der Waals surface area (Å²) < 4.78 is 27.7. The Morgan fingerprint density at radius 3 is 1.55 bits per heavy atom. The Morgan fingerprint density at radius 1 is 0.633 bits per heavy atom. The maximum absolute atomic E-state index is 13.5. The number of halogens is 3. The van der Waals surface area contributed by atoms with Crippen LogP contribution in [0.15, 0.2) is 89.4 Å². The van der Waals surface area contributed by atoms with Gasteiger partial charge in [0.15, 0.2) is 0 Å². The molecule has 1 aliphatic heterocycles. The zero-order valence-corrected chi connectivity index (χ0v) is 29.7. The molecule has 0 spiro atoms. The molecule has 2 atom stereocenters. The highest BCUT2D eigenvalue weighted by Gasteiger charge is 2.21. The number of aliphatic hydroxyl groups excluding tert-OH is 2. The van der Waals surface area contributed by atoms with Crippen molar-refractivity contribution in [2.45, 2.75) is 59.2 Å². The van der Waals surface area contributed by atoms with Gasteiger partial charge in [-0.25, -0.2) is 8.78 Å². The quantitative estimate of drug-likeness (QED) is 0.185. The molecule has 0 saturated carbocycles. The Balaban J connectivity index is 0.000000174. The van der Waals surface area contributed by atoms with E-state index in [2.05, 4.69) is 44.0 Å². The molecule has 1 saturated heterocycles. The molecular weight excluding hydrogens is 684 g/mol. The number of rotatable bonds is 5. The van der Waals surface area contributed by atoms with Gasteiger partial charge in [-0.3, -0.25) is 9.97 Å². The van der Waals surface area contributed by atoms with Crippen LogP contribution in [0.5, 0.6) is 0 Å². The van der Waals surface area contributed by atoms with Crippen LogP contribution in [0.25, 0.3) is 44.1 Å². The van der Waals surface area contributed by atoms with E-state index in [0.717, 1.165) is 84.1 Å². The van der Waals surface area contributed by atoms with Gasteiger partial charge in [-0.05, 0) is 130 Å². The van der Waals surface area contributed by atoms with Crippen molar-refractivity contribution in [3.05, 3.63) is 124 Å². The van der Waals surface area contributed by atoms with Gasteiger partial charge in [0.05, 0.1) is 23.2 Å². The number of hydrogen-bond donors (Lipinski definition) is 2. The minimum absolute atomic E-state index is 0.263. The lowest BCUT2D eigenvalue weighted by Gasteiger charge is -2.29. The first-order chi connectivity index (χ1) is 23.5. The molecule has 252 valence electrons.